The van der Waals surface area contributed by atoms with Gasteiger partial charge in [-0.05, 0) is 24.3 Å². The van der Waals surface area contributed by atoms with Crippen LogP contribution in [0.1, 0.15) is 40.8 Å². The van der Waals surface area contributed by atoms with Crippen molar-refractivity contribution in [3.05, 3.63) is 82.1 Å². The van der Waals surface area contributed by atoms with Crippen LogP contribution in [-0.2, 0) is 19.0 Å². The minimum absolute atomic E-state index is 0.106. The molecule has 13 nitrogen and oxygen atoms in total. The van der Waals surface area contributed by atoms with Gasteiger partial charge in [0.2, 0.25) is 18.1 Å². The average molecular weight is 567 g/mol. The summed E-state index contributed by atoms with van der Waals surface area (Å²) in [4.78, 5) is 56.8. The Labute approximate surface area is 232 Å². The van der Waals surface area contributed by atoms with Crippen molar-refractivity contribution in [3.8, 4) is 0 Å². The fraction of sp³-hybridized carbons (Fsp3) is 0.296. The van der Waals surface area contributed by atoms with E-state index in [1.54, 1.807) is 50.2 Å². The number of ether oxygens (including phenoxy) is 3. The Morgan fingerprint density at radius 1 is 1.00 bits per heavy atom. The smallest absolute Gasteiger partial charge is 0.340 e. The minimum Gasteiger partial charge on any atom is -0.459 e. The SMILES string of the molecule is CO[C@H](COC(=O)c1ccccc1)[C@@H](F)[C@@H](OC(=O)c1ccccc1)n1nnc2c(=O)[nH]c(NC(=O)C(C)C)nc21. The molecular weight excluding hydrogens is 539 g/mol. The Bertz CT molecular complexity index is 1580. The zero-order valence-corrected chi connectivity index (χ0v) is 22.3. The van der Waals surface area contributed by atoms with Crippen LogP contribution in [0, 0.1) is 5.92 Å². The fourth-order valence-electron chi connectivity index (χ4n) is 3.62. The number of halogens is 1. The number of alkyl halides is 1. The number of esters is 2. The van der Waals surface area contributed by atoms with E-state index >= 15 is 4.39 Å². The van der Waals surface area contributed by atoms with Crippen LogP contribution in [-0.4, -0.2) is 68.8 Å². The highest BCUT2D eigenvalue weighted by Crippen LogP contribution is 2.25. The number of amides is 1. The lowest BCUT2D eigenvalue weighted by Crippen LogP contribution is -2.39. The van der Waals surface area contributed by atoms with Crippen molar-refractivity contribution in [3.63, 3.8) is 0 Å². The van der Waals surface area contributed by atoms with E-state index in [4.69, 9.17) is 14.2 Å². The van der Waals surface area contributed by atoms with Gasteiger partial charge in [0.1, 0.15) is 12.7 Å². The van der Waals surface area contributed by atoms with E-state index in [-0.39, 0.29) is 28.2 Å². The van der Waals surface area contributed by atoms with Crippen LogP contribution < -0.4 is 10.9 Å². The monoisotopic (exact) mass is 566 g/mol. The summed E-state index contributed by atoms with van der Waals surface area (Å²) in [6, 6.07) is 15.9. The Morgan fingerprint density at radius 2 is 1.61 bits per heavy atom. The molecule has 14 heteroatoms. The van der Waals surface area contributed by atoms with Crippen LogP contribution >= 0.6 is 0 Å². The van der Waals surface area contributed by atoms with Crippen molar-refractivity contribution in [2.75, 3.05) is 19.0 Å². The normalized spacial score (nSPS) is 13.4. The predicted octanol–water partition coefficient (Wildman–Crippen LogP) is 2.67. The Balaban J connectivity index is 1.69. The second-order valence-electron chi connectivity index (χ2n) is 9.11. The van der Waals surface area contributed by atoms with Crippen molar-refractivity contribution in [1.29, 1.82) is 0 Å². The minimum atomic E-state index is -2.20. The topological polar surface area (TPSA) is 167 Å². The van der Waals surface area contributed by atoms with Gasteiger partial charge in [0.05, 0.1) is 11.1 Å². The van der Waals surface area contributed by atoms with Crippen LogP contribution in [0.5, 0.6) is 0 Å². The molecule has 2 aromatic heterocycles. The summed E-state index contributed by atoms with van der Waals surface area (Å²) in [6.07, 6.45) is -5.52. The van der Waals surface area contributed by atoms with E-state index in [0.29, 0.717) is 0 Å². The highest BCUT2D eigenvalue weighted by Gasteiger charge is 2.38. The van der Waals surface area contributed by atoms with Gasteiger partial charge in [-0.1, -0.05) is 55.5 Å². The third kappa shape index (κ3) is 6.78. The third-order valence-electron chi connectivity index (χ3n) is 5.90. The standard InChI is InChI=1S/C27H27FN6O7/c1-15(2)22(35)30-27-29-21-20(23(36)31-27)32-33-34(21)24(41-26(38)17-12-8-5-9-13-17)19(28)18(39-3)14-40-25(37)16-10-6-4-7-11-16/h4-13,15,18-19,24H,14H2,1-3H3,(H2,29,30,31,35,36)/t18-,19-,24-/m1/s1. The van der Waals surface area contributed by atoms with E-state index in [1.165, 1.54) is 31.4 Å². The zero-order valence-electron chi connectivity index (χ0n) is 22.3. The molecule has 0 fully saturated rings. The van der Waals surface area contributed by atoms with Crippen LogP contribution in [0.2, 0.25) is 0 Å². The number of aromatic nitrogens is 5. The number of hydrogen-bond donors (Lipinski definition) is 2. The number of H-pyrrole nitrogens is 1. The van der Waals surface area contributed by atoms with Gasteiger partial charge in [0.25, 0.3) is 5.56 Å². The maximum atomic E-state index is 16.2. The summed E-state index contributed by atoms with van der Waals surface area (Å²) in [5.41, 5.74) is -1.01. The molecule has 214 valence electrons. The van der Waals surface area contributed by atoms with Crippen LogP contribution in [0.3, 0.4) is 0 Å². The highest BCUT2D eigenvalue weighted by molar-refractivity contribution is 5.91. The van der Waals surface area contributed by atoms with Crippen molar-refractivity contribution in [2.45, 2.75) is 32.4 Å². The van der Waals surface area contributed by atoms with E-state index in [2.05, 4.69) is 25.6 Å². The highest BCUT2D eigenvalue weighted by atomic mass is 19.1. The molecule has 2 N–H and O–H groups in total. The summed E-state index contributed by atoms with van der Waals surface area (Å²) in [7, 11) is 1.19. The van der Waals surface area contributed by atoms with Gasteiger partial charge < -0.3 is 14.2 Å². The lowest BCUT2D eigenvalue weighted by molar-refractivity contribution is -0.118. The average Bonchev–Trinajstić information content (AvgIpc) is 3.40. The van der Waals surface area contributed by atoms with Crippen molar-refractivity contribution < 1.29 is 33.0 Å². The molecule has 0 aliphatic rings. The second-order valence-corrected chi connectivity index (χ2v) is 9.11. The molecule has 2 aromatic carbocycles. The number of anilines is 1. The molecule has 0 saturated carbocycles. The van der Waals surface area contributed by atoms with Gasteiger partial charge >= 0.3 is 11.9 Å². The molecule has 0 saturated heterocycles. The first-order valence-corrected chi connectivity index (χ1v) is 12.5. The number of benzene rings is 2. The number of fused-ring (bicyclic) bond motifs is 1. The van der Waals surface area contributed by atoms with Crippen LogP contribution in [0.15, 0.2) is 65.5 Å². The number of carbonyl (C=O) groups is 3. The maximum absolute atomic E-state index is 16.2. The third-order valence-corrected chi connectivity index (χ3v) is 5.90. The molecule has 4 aromatic rings. The van der Waals surface area contributed by atoms with Gasteiger partial charge in [0.15, 0.2) is 17.3 Å². The second kappa shape index (κ2) is 12.9. The van der Waals surface area contributed by atoms with E-state index in [0.717, 1.165) is 4.68 Å². The summed E-state index contributed by atoms with van der Waals surface area (Å²) in [5.74, 6) is -2.76. The summed E-state index contributed by atoms with van der Waals surface area (Å²) >= 11 is 0. The number of hydrogen-bond acceptors (Lipinski definition) is 10. The zero-order chi connectivity index (χ0) is 29.5. The van der Waals surface area contributed by atoms with E-state index in [1.807, 2.05) is 0 Å². The summed E-state index contributed by atoms with van der Waals surface area (Å²) in [6.45, 7) is 2.72. The van der Waals surface area contributed by atoms with Crippen LogP contribution in [0.25, 0.3) is 11.2 Å². The number of aromatic amines is 1. The molecule has 41 heavy (non-hydrogen) atoms. The molecule has 0 aliphatic heterocycles. The molecule has 0 aliphatic carbocycles. The van der Waals surface area contributed by atoms with Gasteiger partial charge in [0, 0.05) is 13.0 Å². The molecule has 2 heterocycles. The lowest BCUT2D eigenvalue weighted by atomic mass is 10.2. The molecule has 0 radical (unpaired) electrons. The largest absolute Gasteiger partial charge is 0.459 e. The quantitative estimate of drug-likeness (QED) is 0.258. The first kappa shape index (κ1) is 29.0. The number of carbonyl (C=O) groups excluding carboxylic acids is 3. The first-order chi connectivity index (χ1) is 19.7. The number of rotatable bonds is 11. The van der Waals surface area contributed by atoms with Gasteiger partial charge in [-0.3, -0.25) is 19.9 Å². The van der Waals surface area contributed by atoms with Crippen molar-refractivity contribution in [1.82, 2.24) is 25.0 Å². The number of methoxy groups -OCH3 is 1. The molecule has 1 amide bonds. The molecule has 3 atom stereocenters. The number of nitrogens with one attached hydrogen (secondary N) is 2. The first-order valence-electron chi connectivity index (χ1n) is 12.5. The van der Waals surface area contributed by atoms with E-state index in [9.17, 15) is 19.2 Å². The molecule has 0 spiro atoms. The Kier molecular flexibility index (Phi) is 9.14. The lowest BCUT2D eigenvalue weighted by Gasteiger charge is -2.27. The molecule has 0 unspecified atom stereocenters. The number of nitrogens with zero attached hydrogens (tertiary/aromatic N) is 4. The maximum Gasteiger partial charge on any atom is 0.340 e. The summed E-state index contributed by atoms with van der Waals surface area (Å²) in [5, 5.41) is 10.0. The van der Waals surface area contributed by atoms with Crippen molar-refractivity contribution in [2.24, 2.45) is 5.92 Å². The molecule has 4 rings (SSSR count). The van der Waals surface area contributed by atoms with Crippen LogP contribution in [0.4, 0.5) is 10.3 Å². The van der Waals surface area contributed by atoms with Gasteiger partial charge in [-0.2, -0.15) is 9.67 Å². The van der Waals surface area contributed by atoms with Crippen molar-refractivity contribution >= 4 is 35.0 Å². The van der Waals surface area contributed by atoms with Gasteiger partial charge in [-0.25, -0.2) is 14.0 Å². The fourth-order valence-corrected chi connectivity index (χ4v) is 3.62. The van der Waals surface area contributed by atoms with E-state index < -0.39 is 54.4 Å². The van der Waals surface area contributed by atoms with Gasteiger partial charge in [-0.15, -0.1) is 5.10 Å². The molecular formula is C27H27FN6O7. The summed E-state index contributed by atoms with van der Waals surface area (Å²) < 4.78 is 33.0. The molecule has 0 bridgehead atoms. The Morgan fingerprint density at radius 3 is 2.20 bits per heavy atom. The predicted molar refractivity (Wildman–Crippen MR) is 143 cm³/mol. The Hall–Kier alpha value is -4.98.